The van der Waals surface area contributed by atoms with Crippen molar-refractivity contribution >= 4 is 22.1 Å². The van der Waals surface area contributed by atoms with Gasteiger partial charge in [-0.25, -0.2) is 13.2 Å². The number of aryl methyl sites for hydroxylation is 1. The van der Waals surface area contributed by atoms with E-state index < -0.39 is 16.0 Å². The predicted octanol–water partition coefficient (Wildman–Crippen LogP) is 3.96. The molecule has 152 valence electrons. The van der Waals surface area contributed by atoms with E-state index in [1.54, 1.807) is 37.3 Å². The number of rotatable bonds is 6. The number of ether oxygens (including phenoxy) is 1. The van der Waals surface area contributed by atoms with E-state index in [0.29, 0.717) is 12.0 Å². The van der Waals surface area contributed by atoms with E-state index in [4.69, 9.17) is 4.74 Å². The first kappa shape index (κ1) is 21.0. The molecule has 0 bridgehead atoms. The van der Waals surface area contributed by atoms with Crippen LogP contribution in [0, 0.1) is 6.92 Å². The van der Waals surface area contributed by atoms with Crippen LogP contribution in [0.2, 0.25) is 0 Å². The van der Waals surface area contributed by atoms with Gasteiger partial charge in [0.1, 0.15) is 0 Å². The van der Waals surface area contributed by atoms with E-state index in [1.165, 1.54) is 4.31 Å². The third-order valence-corrected chi connectivity index (χ3v) is 6.66. The Morgan fingerprint density at radius 2 is 1.83 bits per heavy atom. The second-order valence-corrected chi connectivity index (χ2v) is 8.78. The summed E-state index contributed by atoms with van der Waals surface area (Å²) in [6, 6.07) is 16.1. The maximum Gasteiger partial charge on any atom is 0.335 e. The molecule has 1 aliphatic rings. The van der Waals surface area contributed by atoms with Gasteiger partial charge in [0.05, 0.1) is 11.5 Å². The first-order valence-electron chi connectivity index (χ1n) is 9.59. The average molecular weight is 412 g/mol. The first-order chi connectivity index (χ1) is 13.9. The molecule has 0 amide bonds. The van der Waals surface area contributed by atoms with E-state index in [2.05, 4.69) is 0 Å². The number of hydrogen-bond donors (Lipinski definition) is 0. The highest BCUT2D eigenvalue weighted by molar-refractivity contribution is 7.89. The normalized spacial score (nSPS) is 17.9. The van der Waals surface area contributed by atoms with Gasteiger partial charge in [-0.1, -0.05) is 66.3 Å². The number of esters is 1. The Hall–Kier alpha value is -2.70. The second-order valence-electron chi connectivity index (χ2n) is 6.89. The predicted molar refractivity (Wildman–Crippen MR) is 114 cm³/mol. The minimum absolute atomic E-state index is 0.0150. The molecule has 0 aliphatic carbocycles. The lowest BCUT2D eigenvalue weighted by molar-refractivity contribution is -0.138. The second kappa shape index (κ2) is 9.20. The molecule has 2 aromatic carbocycles. The molecule has 0 saturated carbocycles. The van der Waals surface area contributed by atoms with Gasteiger partial charge >= 0.3 is 5.97 Å². The molecular formula is C23H25NO4S. The number of benzene rings is 2. The van der Waals surface area contributed by atoms with Crippen LogP contribution in [0.15, 0.2) is 77.2 Å². The highest BCUT2D eigenvalue weighted by Crippen LogP contribution is 2.27. The van der Waals surface area contributed by atoms with E-state index in [9.17, 15) is 13.2 Å². The number of carbonyl (C=O) groups is 1. The molecule has 6 heteroatoms. The van der Waals surface area contributed by atoms with Crippen molar-refractivity contribution in [1.29, 1.82) is 0 Å². The number of nitrogens with zero attached hydrogens (tertiary/aromatic N) is 1. The summed E-state index contributed by atoms with van der Waals surface area (Å²) < 4.78 is 33.2. The number of carbonyl (C=O) groups excluding carboxylic acids is 1. The minimum Gasteiger partial charge on any atom is -0.463 e. The monoisotopic (exact) mass is 411 g/mol. The molecule has 2 aromatic rings. The van der Waals surface area contributed by atoms with Crippen molar-refractivity contribution < 1.29 is 17.9 Å². The van der Waals surface area contributed by atoms with Crippen molar-refractivity contribution in [2.24, 2.45) is 0 Å². The van der Waals surface area contributed by atoms with Crippen LogP contribution in [0.3, 0.4) is 0 Å². The van der Waals surface area contributed by atoms with E-state index in [1.807, 2.05) is 49.4 Å². The molecule has 1 unspecified atom stereocenters. The lowest BCUT2D eigenvalue weighted by Gasteiger charge is -2.32. The minimum atomic E-state index is -3.78. The largest absolute Gasteiger partial charge is 0.463 e. The highest BCUT2D eigenvalue weighted by Gasteiger charge is 2.34. The zero-order chi connectivity index (χ0) is 20.9. The topological polar surface area (TPSA) is 63.7 Å². The van der Waals surface area contributed by atoms with Gasteiger partial charge in [-0.05, 0) is 38.0 Å². The van der Waals surface area contributed by atoms with Crippen molar-refractivity contribution in [3.05, 3.63) is 83.4 Å². The van der Waals surface area contributed by atoms with Crippen molar-refractivity contribution in [2.45, 2.75) is 31.2 Å². The molecule has 0 radical (unpaired) electrons. The zero-order valence-electron chi connectivity index (χ0n) is 16.6. The molecular weight excluding hydrogens is 386 g/mol. The van der Waals surface area contributed by atoms with Gasteiger partial charge in [0, 0.05) is 18.2 Å². The molecule has 5 nitrogen and oxygen atoms in total. The standard InChI is InChI=1S/C23H25NO4S/c1-3-28-23(25)20-12-14-21(13-11-19-7-5-4-6-8-19)24(17-20)29(26,27)22-15-9-18(2)10-16-22/h4-13,15-16,21H,3,14,17H2,1-2H3/b13-11+. The summed E-state index contributed by atoms with van der Waals surface area (Å²) in [6.45, 7) is 3.87. The van der Waals surface area contributed by atoms with Gasteiger partial charge in [0.2, 0.25) is 10.0 Å². The maximum atomic E-state index is 13.4. The van der Waals surface area contributed by atoms with Crippen molar-refractivity contribution in [3.8, 4) is 0 Å². The smallest absolute Gasteiger partial charge is 0.335 e. The van der Waals surface area contributed by atoms with Crippen LogP contribution < -0.4 is 0 Å². The molecule has 0 spiro atoms. The average Bonchev–Trinajstić information content (AvgIpc) is 2.73. The molecule has 0 N–H and O–H groups in total. The SMILES string of the molecule is CCOC(=O)C1=CCC(/C=C/c2ccccc2)N(S(=O)(=O)c2ccc(C)cc2)C1. The van der Waals surface area contributed by atoms with Crippen molar-refractivity contribution in [1.82, 2.24) is 4.31 Å². The van der Waals surface area contributed by atoms with Crippen LogP contribution in [-0.2, 0) is 19.6 Å². The van der Waals surface area contributed by atoms with Gasteiger partial charge in [-0.3, -0.25) is 0 Å². The molecule has 0 aromatic heterocycles. The third-order valence-electron chi connectivity index (χ3n) is 4.78. The van der Waals surface area contributed by atoms with E-state index in [0.717, 1.165) is 11.1 Å². The number of hydrogen-bond acceptors (Lipinski definition) is 4. The van der Waals surface area contributed by atoms with Crippen molar-refractivity contribution in [3.63, 3.8) is 0 Å². The lowest BCUT2D eigenvalue weighted by atomic mass is 10.0. The summed E-state index contributed by atoms with van der Waals surface area (Å²) >= 11 is 0. The summed E-state index contributed by atoms with van der Waals surface area (Å²) in [4.78, 5) is 12.4. The highest BCUT2D eigenvalue weighted by atomic mass is 32.2. The van der Waals surface area contributed by atoms with Crippen LogP contribution in [0.25, 0.3) is 6.08 Å². The third kappa shape index (κ3) is 5.02. The maximum absolute atomic E-state index is 13.4. The molecule has 1 heterocycles. The lowest BCUT2D eigenvalue weighted by Crippen LogP contribution is -2.43. The fourth-order valence-corrected chi connectivity index (χ4v) is 4.74. The van der Waals surface area contributed by atoms with Gasteiger partial charge in [0.15, 0.2) is 0 Å². The van der Waals surface area contributed by atoms with E-state index >= 15 is 0 Å². The van der Waals surface area contributed by atoms with Crippen LogP contribution in [0.5, 0.6) is 0 Å². The first-order valence-corrected chi connectivity index (χ1v) is 11.0. The quantitative estimate of drug-likeness (QED) is 0.675. The molecule has 29 heavy (non-hydrogen) atoms. The Balaban J connectivity index is 1.95. The van der Waals surface area contributed by atoms with E-state index in [-0.39, 0.29) is 24.1 Å². The van der Waals surface area contributed by atoms with Gasteiger partial charge in [0.25, 0.3) is 0 Å². The Labute approximate surface area is 172 Å². The van der Waals surface area contributed by atoms with Gasteiger partial charge in [-0.15, -0.1) is 0 Å². The summed E-state index contributed by atoms with van der Waals surface area (Å²) in [5.74, 6) is -0.470. The van der Waals surface area contributed by atoms with Crippen LogP contribution >= 0.6 is 0 Å². The Kier molecular flexibility index (Phi) is 6.67. The van der Waals surface area contributed by atoms with Gasteiger partial charge < -0.3 is 4.74 Å². The molecule has 3 rings (SSSR count). The van der Waals surface area contributed by atoms with Crippen LogP contribution in [-0.4, -0.2) is 37.9 Å². The summed E-state index contributed by atoms with van der Waals surface area (Å²) in [7, 11) is -3.78. The van der Waals surface area contributed by atoms with Crippen molar-refractivity contribution in [2.75, 3.05) is 13.2 Å². The molecule has 1 atom stereocenters. The fraction of sp³-hybridized carbons (Fsp3) is 0.261. The van der Waals surface area contributed by atoms with Crippen LogP contribution in [0.1, 0.15) is 24.5 Å². The van der Waals surface area contributed by atoms with Crippen LogP contribution in [0.4, 0.5) is 0 Å². The molecule has 0 fully saturated rings. The fourth-order valence-electron chi connectivity index (χ4n) is 3.17. The Morgan fingerprint density at radius 1 is 1.14 bits per heavy atom. The zero-order valence-corrected chi connectivity index (χ0v) is 17.4. The summed E-state index contributed by atoms with van der Waals surface area (Å²) in [5, 5.41) is 0. The molecule has 1 aliphatic heterocycles. The number of sulfonamides is 1. The molecule has 0 saturated heterocycles. The van der Waals surface area contributed by atoms with Gasteiger partial charge in [-0.2, -0.15) is 4.31 Å². The Bertz CT molecular complexity index is 1010. The summed E-state index contributed by atoms with van der Waals surface area (Å²) in [6.07, 6.45) is 5.97. The summed E-state index contributed by atoms with van der Waals surface area (Å²) in [5.41, 5.74) is 2.34. The Morgan fingerprint density at radius 3 is 2.48 bits per heavy atom.